The topological polar surface area (TPSA) is 12.0 Å². The molecule has 0 spiro atoms. The number of allylic oxidation sites excluding steroid dienone is 1. The van der Waals surface area contributed by atoms with Gasteiger partial charge in [-0.25, -0.2) is 0 Å². The summed E-state index contributed by atoms with van der Waals surface area (Å²) in [4.78, 5) is 0. The van der Waals surface area contributed by atoms with E-state index in [4.69, 9.17) is 0 Å². The Morgan fingerprint density at radius 2 is 2.10 bits per heavy atom. The summed E-state index contributed by atoms with van der Waals surface area (Å²) in [6.45, 7) is 9.36. The summed E-state index contributed by atoms with van der Waals surface area (Å²) >= 11 is 0. The minimum absolute atomic E-state index is 0.647. The van der Waals surface area contributed by atoms with Gasteiger partial charge in [0.05, 0.1) is 0 Å². The molecule has 0 aliphatic carbocycles. The largest absolute Gasteiger partial charge is 0.320 e. The molecule has 1 unspecified atom stereocenters. The summed E-state index contributed by atoms with van der Waals surface area (Å²) in [6, 6.07) is 0. The molecule has 1 heteroatoms. The third kappa shape index (κ3) is 3.67. The van der Waals surface area contributed by atoms with Crippen molar-refractivity contribution in [3.63, 3.8) is 0 Å². The zero-order valence-electron chi connectivity index (χ0n) is 7.35. The molecule has 0 radical (unpaired) electrons. The average molecular weight is 141 g/mol. The first kappa shape index (κ1) is 9.70. The predicted octanol–water partition coefficient (Wildman–Crippen LogP) is 2.05. The highest BCUT2D eigenvalue weighted by Gasteiger charge is 2.06. The van der Waals surface area contributed by atoms with Crippen molar-refractivity contribution in [2.45, 2.75) is 20.3 Å². The van der Waals surface area contributed by atoms with Crippen LogP contribution in [-0.4, -0.2) is 13.6 Å². The molecule has 0 bridgehead atoms. The van der Waals surface area contributed by atoms with Gasteiger partial charge in [-0.05, 0) is 31.8 Å². The van der Waals surface area contributed by atoms with Crippen molar-refractivity contribution in [3.05, 3.63) is 12.7 Å². The Kier molecular flexibility index (Phi) is 5.32. The van der Waals surface area contributed by atoms with E-state index in [1.54, 1.807) is 0 Å². The van der Waals surface area contributed by atoms with Gasteiger partial charge in [-0.1, -0.05) is 19.9 Å². The van der Waals surface area contributed by atoms with E-state index in [0.29, 0.717) is 5.92 Å². The van der Waals surface area contributed by atoms with Crippen LogP contribution >= 0.6 is 0 Å². The summed E-state index contributed by atoms with van der Waals surface area (Å²) in [5.41, 5.74) is 0. The van der Waals surface area contributed by atoms with Gasteiger partial charge in [-0.2, -0.15) is 0 Å². The van der Waals surface area contributed by atoms with Gasteiger partial charge < -0.3 is 5.32 Å². The first-order valence-electron chi connectivity index (χ1n) is 3.99. The highest BCUT2D eigenvalue weighted by molar-refractivity contribution is 4.79. The van der Waals surface area contributed by atoms with Crippen LogP contribution in [0.1, 0.15) is 20.3 Å². The lowest BCUT2D eigenvalue weighted by Gasteiger charge is -2.15. The molecule has 0 saturated carbocycles. The fraction of sp³-hybridized carbons (Fsp3) is 0.778. The Bertz CT molecular complexity index is 88.7. The Morgan fingerprint density at radius 1 is 1.50 bits per heavy atom. The zero-order chi connectivity index (χ0) is 7.98. The molecule has 10 heavy (non-hydrogen) atoms. The molecule has 0 amide bonds. The number of nitrogens with one attached hydrogen (secondary N) is 1. The highest BCUT2D eigenvalue weighted by atomic mass is 14.8. The zero-order valence-corrected chi connectivity index (χ0v) is 7.35. The fourth-order valence-electron chi connectivity index (χ4n) is 0.867. The van der Waals surface area contributed by atoms with Crippen molar-refractivity contribution in [3.8, 4) is 0 Å². The first-order valence-corrected chi connectivity index (χ1v) is 3.99. The monoisotopic (exact) mass is 141 g/mol. The van der Waals surface area contributed by atoms with Crippen LogP contribution in [0.2, 0.25) is 0 Å². The van der Waals surface area contributed by atoms with Gasteiger partial charge in [0.2, 0.25) is 0 Å². The van der Waals surface area contributed by atoms with Crippen LogP contribution in [-0.2, 0) is 0 Å². The molecule has 0 rings (SSSR count). The fourth-order valence-corrected chi connectivity index (χ4v) is 0.867. The lowest BCUT2D eigenvalue weighted by molar-refractivity contribution is 0.422. The van der Waals surface area contributed by atoms with Crippen LogP contribution < -0.4 is 5.32 Å². The van der Waals surface area contributed by atoms with Gasteiger partial charge in [-0.15, -0.1) is 6.58 Å². The maximum Gasteiger partial charge on any atom is -0.00492 e. The molecule has 0 aliphatic heterocycles. The smallest absolute Gasteiger partial charge is 0.00492 e. The summed E-state index contributed by atoms with van der Waals surface area (Å²) in [6.07, 6.45) is 3.27. The van der Waals surface area contributed by atoms with E-state index in [9.17, 15) is 0 Å². The van der Waals surface area contributed by atoms with Crippen LogP contribution in [0.25, 0.3) is 0 Å². The van der Waals surface area contributed by atoms with Crippen LogP contribution in [0.3, 0.4) is 0 Å². The van der Waals surface area contributed by atoms with Gasteiger partial charge in [0, 0.05) is 0 Å². The van der Waals surface area contributed by atoms with Crippen molar-refractivity contribution in [2.24, 2.45) is 11.8 Å². The summed E-state index contributed by atoms with van der Waals surface area (Å²) in [5.74, 6) is 1.40. The molecule has 1 nitrogen and oxygen atoms in total. The van der Waals surface area contributed by atoms with Gasteiger partial charge in [0.15, 0.2) is 0 Å². The Morgan fingerprint density at radius 3 is 2.50 bits per heavy atom. The van der Waals surface area contributed by atoms with Crippen molar-refractivity contribution in [1.82, 2.24) is 5.32 Å². The Hall–Kier alpha value is -0.300. The van der Waals surface area contributed by atoms with E-state index in [2.05, 4.69) is 25.7 Å². The highest BCUT2D eigenvalue weighted by Crippen LogP contribution is 2.14. The standard InChI is InChI=1S/C9H19N/c1-5-8(2)9(3)6-7-10-4/h5,8-10H,1,6-7H2,2-4H3/t8?,9-/m0/s1. The van der Waals surface area contributed by atoms with Gasteiger partial charge in [0.25, 0.3) is 0 Å². The predicted molar refractivity (Wildman–Crippen MR) is 47.1 cm³/mol. The second-order valence-electron chi connectivity index (χ2n) is 2.96. The van der Waals surface area contributed by atoms with E-state index in [-0.39, 0.29) is 0 Å². The summed E-state index contributed by atoms with van der Waals surface area (Å²) in [5, 5.41) is 3.14. The Labute approximate surface area is 64.5 Å². The van der Waals surface area contributed by atoms with E-state index in [1.165, 1.54) is 6.42 Å². The van der Waals surface area contributed by atoms with E-state index in [1.807, 2.05) is 13.1 Å². The molecule has 0 fully saturated rings. The molecule has 0 aromatic rings. The summed E-state index contributed by atoms with van der Waals surface area (Å²) in [7, 11) is 1.99. The van der Waals surface area contributed by atoms with Gasteiger partial charge in [0.1, 0.15) is 0 Å². The molecule has 0 aromatic heterocycles. The van der Waals surface area contributed by atoms with Gasteiger partial charge in [-0.3, -0.25) is 0 Å². The van der Waals surface area contributed by atoms with E-state index in [0.717, 1.165) is 12.5 Å². The maximum atomic E-state index is 3.77. The lowest BCUT2D eigenvalue weighted by Crippen LogP contribution is -2.14. The Balaban J connectivity index is 3.40. The van der Waals surface area contributed by atoms with Crippen molar-refractivity contribution < 1.29 is 0 Å². The SMILES string of the molecule is C=CC(C)[C@@H](C)CCNC. The molecule has 60 valence electrons. The lowest BCUT2D eigenvalue weighted by atomic mass is 9.93. The van der Waals surface area contributed by atoms with E-state index >= 15 is 0 Å². The van der Waals surface area contributed by atoms with Crippen molar-refractivity contribution in [1.29, 1.82) is 0 Å². The molecule has 2 atom stereocenters. The van der Waals surface area contributed by atoms with Crippen molar-refractivity contribution >= 4 is 0 Å². The number of hydrogen-bond acceptors (Lipinski definition) is 1. The van der Waals surface area contributed by atoms with Crippen LogP contribution in [0.4, 0.5) is 0 Å². The normalized spacial score (nSPS) is 16.3. The second kappa shape index (κ2) is 5.48. The van der Waals surface area contributed by atoms with Crippen LogP contribution in [0.15, 0.2) is 12.7 Å². The van der Waals surface area contributed by atoms with E-state index < -0.39 is 0 Å². The molecule has 0 heterocycles. The third-order valence-corrected chi connectivity index (χ3v) is 2.12. The third-order valence-electron chi connectivity index (χ3n) is 2.12. The van der Waals surface area contributed by atoms with Crippen LogP contribution in [0, 0.1) is 11.8 Å². The van der Waals surface area contributed by atoms with Crippen LogP contribution in [0.5, 0.6) is 0 Å². The average Bonchev–Trinajstić information content (AvgIpc) is 1.98. The first-order chi connectivity index (χ1) is 4.72. The maximum absolute atomic E-state index is 3.77. The number of hydrogen-bond donors (Lipinski definition) is 1. The minimum Gasteiger partial charge on any atom is -0.320 e. The molecule has 0 saturated heterocycles. The molecule has 0 aromatic carbocycles. The summed E-state index contributed by atoms with van der Waals surface area (Å²) < 4.78 is 0. The molecular formula is C9H19N. The molecule has 0 aliphatic rings. The van der Waals surface area contributed by atoms with Crippen molar-refractivity contribution in [2.75, 3.05) is 13.6 Å². The minimum atomic E-state index is 0.647. The van der Waals surface area contributed by atoms with Gasteiger partial charge >= 0.3 is 0 Å². The molecule has 1 N–H and O–H groups in total. The molecular weight excluding hydrogens is 122 g/mol. The second-order valence-corrected chi connectivity index (χ2v) is 2.96. The quantitative estimate of drug-likeness (QED) is 0.578. The number of rotatable bonds is 5.